The zero-order valence-corrected chi connectivity index (χ0v) is 53.2. The van der Waals surface area contributed by atoms with Crippen LogP contribution in [-0.2, 0) is 28.6 Å². The molecule has 0 amide bonds. The number of hydrogen-bond donors (Lipinski definition) is 0. The molecule has 0 spiro atoms. The lowest BCUT2D eigenvalue weighted by atomic mass is 10.0. The van der Waals surface area contributed by atoms with Gasteiger partial charge in [-0.3, -0.25) is 14.4 Å². The molecule has 0 saturated heterocycles. The van der Waals surface area contributed by atoms with E-state index in [1.165, 1.54) is 270 Å². The van der Waals surface area contributed by atoms with Crippen LogP contribution in [0.3, 0.4) is 0 Å². The lowest BCUT2D eigenvalue weighted by molar-refractivity contribution is -0.167. The number of carbonyl (C=O) groups is 3. The summed E-state index contributed by atoms with van der Waals surface area (Å²) >= 11 is 0. The molecule has 6 nitrogen and oxygen atoms in total. The second-order valence-electron chi connectivity index (χ2n) is 23.8. The van der Waals surface area contributed by atoms with Crippen LogP contribution in [0.2, 0.25) is 0 Å². The van der Waals surface area contributed by atoms with E-state index in [9.17, 15) is 14.4 Å². The highest BCUT2D eigenvalue weighted by molar-refractivity contribution is 5.71. The van der Waals surface area contributed by atoms with Crippen LogP contribution in [0.5, 0.6) is 0 Å². The Kier molecular flexibility index (Phi) is 65.6. The number of unbranched alkanes of at least 4 members (excludes halogenated alkanes) is 46. The minimum Gasteiger partial charge on any atom is -0.462 e. The molecule has 0 saturated carbocycles. The van der Waals surface area contributed by atoms with E-state index in [4.69, 9.17) is 14.2 Å². The summed E-state index contributed by atoms with van der Waals surface area (Å²) in [6.07, 6.45) is 85.6. The zero-order valence-electron chi connectivity index (χ0n) is 53.2. The number of esters is 3. The second kappa shape index (κ2) is 67.9. The molecule has 0 N–H and O–H groups in total. The first-order valence-corrected chi connectivity index (χ1v) is 35.1. The van der Waals surface area contributed by atoms with E-state index < -0.39 is 6.10 Å². The van der Waals surface area contributed by atoms with Gasteiger partial charge in [0.15, 0.2) is 6.10 Å². The Balaban J connectivity index is 4.28. The van der Waals surface area contributed by atoms with Gasteiger partial charge in [-0.2, -0.15) is 0 Å². The fourth-order valence-corrected chi connectivity index (χ4v) is 10.5. The summed E-state index contributed by atoms with van der Waals surface area (Å²) in [4.78, 5) is 38.4. The quantitative estimate of drug-likeness (QED) is 0.0261. The van der Waals surface area contributed by atoms with Crippen LogP contribution in [0.25, 0.3) is 0 Å². The Labute approximate surface area is 492 Å². The highest BCUT2D eigenvalue weighted by Gasteiger charge is 2.19. The van der Waals surface area contributed by atoms with Crippen molar-refractivity contribution in [2.45, 2.75) is 386 Å². The lowest BCUT2D eigenvalue weighted by Gasteiger charge is -2.18. The van der Waals surface area contributed by atoms with Gasteiger partial charge in [0.2, 0.25) is 0 Å². The molecule has 1 atom stereocenters. The van der Waals surface area contributed by atoms with Crippen molar-refractivity contribution in [1.29, 1.82) is 0 Å². The van der Waals surface area contributed by atoms with Crippen molar-refractivity contribution < 1.29 is 28.6 Å². The van der Waals surface area contributed by atoms with Crippen molar-refractivity contribution in [1.82, 2.24) is 0 Å². The average molecular weight is 1110 g/mol. The van der Waals surface area contributed by atoms with E-state index in [2.05, 4.69) is 69.4 Å². The maximum Gasteiger partial charge on any atom is 0.306 e. The molecule has 79 heavy (non-hydrogen) atoms. The minimum atomic E-state index is -0.775. The highest BCUT2D eigenvalue weighted by atomic mass is 16.6. The third-order valence-corrected chi connectivity index (χ3v) is 15.8. The molecule has 0 aliphatic rings. The normalized spacial score (nSPS) is 12.3. The summed E-state index contributed by atoms with van der Waals surface area (Å²) in [5.41, 5.74) is 0. The second-order valence-corrected chi connectivity index (χ2v) is 23.8. The van der Waals surface area contributed by atoms with E-state index in [0.29, 0.717) is 19.3 Å². The van der Waals surface area contributed by atoms with Crippen LogP contribution in [-0.4, -0.2) is 37.2 Å². The Morgan fingerprint density at radius 3 is 0.722 bits per heavy atom. The van der Waals surface area contributed by atoms with Gasteiger partial charge < -0.3 is 14.2 Å². The molecule has 462 valence electrons. The number of ether oxygens (including phenoxy) is 3. The van der Waals surface area contributed by atoms with Gasteiger partial charge in [0.05, 0.1) is 0 Å². The molecule has 0 aliphatic carbocycles. The highest BCUT2D eigenvalue weighted by Crippen LogP contribution is 2.18. The molecule has 0 radical (unpaired) electrons. The smallest absolute Gasteiger partial charge is 0.306 e. The Morgan fingerprint density at radius 2 is 0.456 bits per heavy atom. The third-order valence-electron chi connectivity index (χ3n) is 15.8. The summed E-state index contributed by atoms with van der Waals surface area (Å²) in [5, 5.41) is 0. The van der Waals surface area contributed by atoms with Gasteiger partial charge in [-0.1, -0.05) is 326 Å². The predicted molar refractivity (Wildman–Crippen MR) is 344 cm³/mol. The van der Waals surface area contributed by atoms with Crippen LogP contribution in [0, 0.1) is 0 Å². The van der Waals surface area contributed by atoms with Crippen molar-refractivity contribution in [2.75, 3.05) is 13.2 Å². The minimum absolute atomic E-state index is 0.0705. The molecule has 1 unspecified atom stereocenters. The fourth-order valence-electron chi connectivity index (χ4n) is 10.5. The molecule has 0 aliphatic heterocycles. The summed E-state index contributed by atoms with van der Waals surface area (Å²) < 4.78 is 17.0. The maximum absolute atomic E-state index is 12.9. The molecular formula is C73H134O6. The van der Waals surface area contributed by atoms with Crippen LogP contribution >= 0.6 is 0 Å². The number of rotatable bonds is 65. The third kappa shape index (κ3) is 66.1. The molecule has 0 fully saturated rings. The van der Waals surface area contributed by atoms with Crippen molar-refractivity contribution in [3.63, 3.8) is 0 Å². The Bertz CT molecular complexity index is 1360. The average Bonchev–Trinajstić information content (AvgIpc) is 3.45. The standard InChI is InChI=1S/C73H134O6/c1-4-7-10-13-16-19-22-25-28-31-32-33-34-35-36-37-38-39-40-43-45-48-51-54-57-60-63-66-72(75)78-69-70(79-73(76)67-64-61-58-55-52-49-46-42-30-27-24-21-18-15-12-9-6-3)68-77-71(74)65-62-59-56-53-50-47-44-41-29-26-23-20-17-14-11-8-5-2/h22,25,27,30-32,34-35,70H,4-21,23-24,26,28-29,33,36-69H2,1-3H3/b25-22-,30-27-,32-31-,35-34-. The van der Waals surface area contributed by atoms with Crippen molar-refractivity contribution in [3.05, 3.63) is 48.6 Å². The van der Waals surface area contributed by atoms with Crippen LogP contribution in [0.15, 0.2) is 48.6 Å². The number of allylic oxidation sites excluding steroid dienone is 8. The first-order valence-electron chi connectivity index (χ1n) is 35.1. The van der Waals surface area contributed by atoms with Crippen LogP contribution in [0.1, 0.15) is 380 Å². The zero-order chi connectivity index (χ0) is 57.1. The van der Waals surface area contributed by atoms with E-state index >= 15 is 0 Å². The van der Waals surface area contributed by atoms with E-state index in [1.54, 1.807) is 0 Å². The van der Waals surface area contributed by atoms with E-state index in [-0.39, 0.29) is 31.1 Å². The van der Waals surface area contributed by atoms with Gasteiger partial charge in [0.1, 0.15) is 13.2 Å². The summed E-state index contributed by atoms with van der Waals surface area (Å²) in [5.74, 6) is -0.850. The van der Waals surface area contributed by atoms with Crippen molar-refractivity contribution in [3.8, 4) is 0 Å². The molecule has 0 rings (SSSR count). The van der Waals surface area contributed by atoms with Gasteiger partial charge in [-0.25, -0.2) is 0 Å². The van der Waals surface area contributed by atoms with Crippen molar-refractivity contribution >= 4 is 17.9 Å². The molecule has 0 aromatic heterocycles. The monoisotopic (exact) mass is 1110 g/mol. The van der Waals surface area contributed by atoms with Crippen LogP contribution in [0.4, 0.5) is 0 Å². The van der Waals surface area contributed by atoms with Gasteiger partial charge in [-0.15, -0.1) is 0 Å². The first kappa shape index (κ1) is 76.4. The van der Waals surface area contributed by atoms with Gasteiger partial charge in [0.25, 0.3) is 0 Å². The SMILES string of the molecule is CCCCCCC/C=C\C/C=C\C/C=C\CCCCCCCCCCCCCCC(=O)OCC(COC(=O)CCCCCCCCCCCCCCCCCCC)OC(=O)CCCCCCCCC/C=C\CCCCCCCC. The van der Waals surface area contributed by atoms with Crippen LogP contribution < -0.4 is 0 Å². The molecule has 0 aromatic carbocycles. The molecule has 0 aromatic rings. The Hall–Kier alpha value is -2.63. The first-order chi connectivity index (χ1) is 39.0. The van der Waals surface area contributed by atoms with Crippen molar-refractivity contribution in [2.24, 2.45) is 0 Å². The Morgan fingerprint density at radius 1 is 0.253 bits per heavy atom. The fraction of sp³-hybridized carbons (Fsp3) is 0.849. The summed E-state index contributed by atoms with van der Waals surface area (Å²) in [6, 6.07) is 0. The molecule has 6 heteroatoms. The maximum atomic E-state index is 12.9. The largest absolute Gasteiger partial charge is 0.462 e. The van der Waals surface area contributed by atoms with Gasteiger partial charge in [-0.05, 0) is 83.5 Å². The van der Waals surface area contributed by atoms with Gasteiger partial charge >= 0.3 is 17.9 Å². The van der Waals surface area contributed by atoms with E-state index in [0.717, 1.165) is 70.6 Å². The predicted octanol–water partition coefficient (Wildman–Crippen LogP) is 24.1. The summed E-state index contributed by atoms with van der Waals surface area (Å²) in [7, 11) is 0. The lowest BCUT2D eigenvalue weighted by Crippen LogP contribution is -2.30. The number of hydrogen-bond acceptors (Lipinski definition) is 6. The summed E-state index contributed by atoms with van der Waals surface area (Å²) in [6.45, 7) is 6.69. The molecular weight excluding hydrogens is 973 g/mol. The molecule has 0 bridgehead atoms. The van der Waals surface area contributed by atoms with E-state index in [1.807, 2.05) is 0 Å². The molecule has 0 heterocycles. The number of carbonyl (C=O) groups excluding carboxylic acids is 3. The topological polar surface area (TPSA) is 78.9 Å². The van der Waals surface area contributed by atoms with Gasteiger partial charge in [0, 0.05) is 19.3 Å².